The highest BCUT2D eigenvalue weighted by Crippen LogP contribution is 2.41. The quantitative estimate of drug-likeness (QED) is 0.177. The average Bonchev–Trinajstić information content (AvgIpc) is 3.70. The summed E-state index contributed by atoms with van der Waals surface area (Å²) in [5.41, 5.74) is 7.79. The third-order valence-corrected chi connectivity index (χ3v) is 12.1. The normalized spacial score (nSPS) is 17.3. The van der Waals surface area contributed by atoms with Crippen molar-refractivity contribution in [2.45, 2.75) is 82.5 Å². The summed E-state index contributed by atoms with van der Waals surface area (Å²) in [5.74, 6) is -0.148. The number of carbonyl (C=O) groups is 2. The Balaban J connectivity index is 1.35. The summed E-state index contributed by atoms with van der Waals surface area (Å²) in [6.07, 6.45) is 1.29. The number of aliphatic hydroxyl groups is 1. The SMILES string of the molecule is CC(C)CN(C[C@@H](O)[C@H](Cc1ccccc1)NC(=O)[C@H](C(C)C)N1CCN(Cc2csc(C3CC3)n2)C1=O)S(=O)(=O)c1ccc(Cl)c(N)c1. The lowest BCUT2D eigenvalue weighted by molar-refractivity contribution is -0.128. The van der Waals surface area contributed by atoms with Gasteiger partial charge in [-0.1, -0.05) is 69.6 Å². The number of anilines is 1. The van der Waals surface area contributed by atoms with E-state index in [0.717, 1.165) is 29.1 Å². The zero-order valence-electron chi connectivity index (χ0n) is 28.5. The first-order valence-electron chi connectivity index (χ1n) is 16.8. The van der Waals surface area contributed by atoms with Crippen LogP contribution in [0.5, 0.6) is 0 Å². The smallest absolute Gasteiger partial charge is 0.321 e. The summed E-state index contributed by atoms with van der Waals surface area (Å²) in [6.45, 7) is 8.64. The molecule has 2 aromatic carbocycles. The number of hydrogen-bond acceptors (Lipinski definition) is 8. The van der Waals surface area contributed by atoms with Crippen LogP contribution < -0.4 is 11.1 Å². The molecule has 5 rings (SSSR count). The van der Waals surface area contributed by atoms with Crippen molar-refractivity contribution >= 4 is 50.6 Å². The standard InChI is InChI=1S/C35H47ClN6O5S2/c1-22(2)18-41(49(46,47)27-12-13-28(36)29(37)17-27)20-31(43)30(16-24-8-6-5-7-9-24)39-33(44)32(23(3)4)42-15-14-40(35(42)45)19-26-21-48-34(38-26)25-10-11-25/h5-9,12-13,17,21-23,25,30-32,43H,10-11,14-16,18-20,37H2,1-4H3,(H,39,44)/t30-,31+,32-/m0/s1. The van der Waals surface area contributed by atoms with E-state index >= 15 is 0 Å². The van der Waals surface area contributed by atoms with Crippen LogP contribution in [0.2, 0.25) is 5.02 Å². The van der Waals surface area contributed by atoms with Crippen molar-refractivity contribution in [3.05, 3.63) is 75.2 Å². The Hall–Kier alpha value is -3.23. The van der Waals surface area contributed by atoms with E-state index in [4.69, 9.17) is 22.3 Å². The minimum atomic E-state index is -4.09. The van der Waals surface area contributed by atoms with Crippen molar-refractivity contribution in [2.75, 3.05) is 31.9 Å². The number of benzene rings is 2. The second-order valence-corrected chi connectivity index (χ2v) is 17.0. The number of urea groups is 1. The highest BCUT2D eigenvalue weighted by atomic mass is 35.5. The lowest BCUT2D eigenvalue weighted by Gasteiger charge is -2.34. The summed E-state index contributed by atoms with van der Waals surface area (Å²) in [6, 6.07) is 11.6. The van der Waals surface area contributed by atoms with Crippen LogP contribution >= 0.6 is 22.9 Å². The molecule has 0 unspecified atom stereocenters. The number of nitrogens with two attached hydrogens (primary N) is 1. The van der Waals surface area contributed by atoms with Gasteiger partial charge in [0.15, 0.2) is 0 Å². The number of nitrogen functional groups attached to an aromatic ring is 1. The van der Waals surface area contributed by atoms with Gasteiger partial charge in [0.2, 0.25) is 15.9 Å². The molecule has 1 aromatic heterocycles. The van der Waals surface area contributed by atoms with E-state index in [1.165, 1.54) is 22.5 Å². The first-order chi connectivity index (χ1) is 23.2. The molecule has 3 amide bonds. The van der Waals surface area contributed by atoms with Crippen molar-refractivity contribution in [3.63, 3.8) is 0 Å². The molecule has 49 heavy (non-hydrogen) atoms. The molecule has 0 radical (unpaired) electrons. The van der Waals surface area contributed by atoms with Gasteiger partial charge in [-0.3, -0.25) is 4.79 Å². The van der Waals surface area contributed by atoms with Crippen molar-refractivity contribution in [3.8, 4) is 0 Å². The molecule has 1 saturated carbocycles. The number of aromatic nitrogens is 1. The summed E-state index contributed by atoms with van der Waals surface area (Å²) in [7, 11) is -4.09. The van der Waals surface area contributed by atoms with Gasteiger partial charge in [-0.15, -0.1) is 11.3 Å². The van der Waals surface area contributed by atoms with Gasteiger partial charge in [0.1, 0.15) is 6.04 Å². The second kappa shape index (κ2) is 15.8. The molecule has 3 aromatic rings. The van der Waals surface area contributed by atoms with Crippen LogP contribution in [0.1, 0.15) is 62.7 Å². The number of carbonyl (C=O) groups excluding carboxylic acids is 2. The lowest BCUT2D eigenvalue weighted by Crippen LogP contribution is -2.57. The van der Waals surface area contributed by atoms with Crippen LogP contribution in [0.3, 0.4) is 0 Å². The van der Waals surface area contributed by atoms with Crippen LogP contribution in [-0.4, -0.2) is 88.9 Å². The summed E-state index contributed by atoms with van der Waals surface area (Å²) >= 11 is 7.70. The topological polar surface area (TPSA) is 149 Å². The van der Waals surface area contributed by atoms with E-state index in [2.05, 4.69) is 5.32 Å². The maximum absolute atomic E-state index is 14.1. The van der Waals surface area contributed by atoms with Crippen molar-refractivity contribution in [1.29, 1.82) is 0 Å². The number of nitrogens with one attached hydrogen (secondary N) is 1. The fourth-order valence-corrected chi connectivity index (χ4v) is 8.94. The Labute approximate surface area is 298 Å². The summed E-state index contributed by atoms with van der Waals surface area (Å²) in [4.78, 5) is 35.8. The molecule has 2 fully saturated rings. The van der Waals surface area contributed by atoms with Crippen LogP contribution in [0.4, 0.5) is 10.5 Å². The molecular weight excluding hydrogens is 684 g/mol. The average molecular weight is 731 g/mol. The van der Waals surface area contributed by atoms with Gasteiger partial charge in [0, 0.05) is 37.5 Å². The predicted molar refractivity (Wildman–Crippen MR) is 193 cm³/mol. The maximum Gasteiger partial charge on any atom is 0.321 e. The lowest BCUT2D eigenvalue weighted by atomic mass is 9.97. The molecule has 1 aliphatic carbocycles. The van der Waals surface area contributed by atoms with E-state index < -0.39 is 34.1 Å². The van der Waals surface area contributed by atoms with Gasteiger partial charge in [-0.25, -0.2) is 18.2 Å². The molecule has 0 spiro atoms. The monoisotopic (exact) mass is 730 g/mol. The van der Waals surface area contributed by atoms with Gasteiger partial charge < -0.3 is 26.0 Å². The van der Waals surface area contributed by atoms with Crippen molar-refractivity contribution in [2.24, 2.45) is 11.8 Å². The highest BCUT2D eigenvalue weighted by molar-refractivity contribution is 7.89. The van der Waals surface area contributed by atoms with Gasteiger partial charge in [0.25, 0.3) is 0 Å². The molecule has 2 heterocycles. The van der Waals surface area contributed by atoms with Crippen LogP contribution in [0.25, 0.3) is 0 Å². The molecule has 2 aliphatic rings. The zero-order valence-corrected chi connectivity index (χ0v) is 30.8. The molecule has 0 bridgehead atoms. The Bertz CT molecular complexity index is 1720. The third-order valence-electron chi connectivity index (χ3n) is 8.87. The first-order valence-corrected chi connectivity index (χ1v) is 19.5. The van der Waals surface area contributed by atoms with Gasteiger partial charge in [-0.2, -0.15) is 4.31 Å². The number of halogens is 1. The van der Waals surface area contributed by atoms with Gasteiger partial charge >= 0.3 is 6.03 Å². The van der Waals surface area contributed by atoms with Crippen molar-refractivity contribution < 1.29 is 23.1 Å². The fraction of sp³-hybridized carbons (Fsp3) is 0.514. The number of amides is 3. The highest BCUT2D eigenvalue weighted by Gasteiger charge is 2.41. The van der Waals surface area contributed by atoms with E-state index in [1.54, 1.807) is 21.1 Å². The number of thiazole rings is 1. The molecule has 11 nitrogen and oxygen atoms in total. The third kappa shape index (κ3) is 9.12. The van der Waals surface area contributed by atoms with Crippen LogP contribution in [0.15, 0.2) is 58.8 Å². The summed E-state index contributed by atoms with van der Waals surface area (Å²) < 4.78 is 28.9. The van der Waals surface area contributed by atoms with Crippen LogP contribution in [-0.2, 0) is 27.8 Å². The maximum atomic E-state index is 14.1. The van der Waals surface area contributed by atoms with Gasteiger partial charge in [-0.05, 0) is 54.9 Å². The molecule has 266 valence electrons. The zero-order chi connectivity index (χ0) is 35.5. The number of rotatable bonds is 16. The Kier molecular flexibility index (Phi) is 11.9. The number of sulfonamides is 1. The predicted octanol–water partition coefficient (Wildman–Crippen LogP) is 4.95. The molecule has 1 aliphatic heterocycles. The molecular formula is C35H47ClN6O5S2. The van der Waals surface area contributed by atoms with Crippen molar-refractivity contribution in [1.82, 2.24) is 24.4 Å². The molecule has 14 heteroatoms. The van der Waals surface area contributed by atoms with E-state index in [0.29, 0.717) is 25.6 Å². The second-order valence-electron chi connectivity index (χ2n) is 13.8. The summed E-state index contributed by atoms with van der Waals surface area (Å²) in [5, 5.41) is 18.1. The molecule has 1 saturated heterocycles. The minimum Gasteiger partial charge on any atom is -0.397 e. The Morgan fingerprint density at radius 2 is 1.84 bits per heavy atom. The molecule has 4 N–H and O–H groups in total. The number of nitrogens with zero attached hydrogens (tertiary/aromatic N) is 4. The van der Waals surface area contributed by atoms with E-state index in [-0.39, 0.29) is 53.0 Å². The Morgan fingerprint density at radius 1 is 1.12 bits per heavy atom. The number of hydrogen-bond donors (Lipinski definition) is 3. The largest absolute Gasteiger partial charge is 0.397 e. The number of aliphatic hydroxyl groups excluding tert-OH is 1. The van der Waals surface area contributed by atoms with E-state index in [9.17, 15) is 23.1 Å². The first kappa shape index (κ1) is 37.0. The van der Waals surface area contributed by atoms with Crippen LogP contribution in [0, 0.1) is 11.8 Å². The van der Waals surface area contributed by atoms with Gasteiger partial charge in [0.05, 0.1) is 45.0 Å². The van der Waals surface area contributed by atoms with E-state index in [1.807, 2.05) is 63.4 Å². The Morgan fingerprint density at radius 3 is 2.47 bits per heavy atom. The fourth-order valence-electron chi connectivity index (χ4n) is 6.18. The minimum absolute atomic E-state index is 0.0377. The molecule has 3 atom stereocenters.